The molecule has 4 aromatic rings. The zero-order chi connectivity index (χ0) is 31.1. The van der Waals surface area contributed by atoms with Crippen LogP contribution in [0.2, 0.25) is 0 Å². The molecule has 0 amide bonds. The lowest BCUT2D eigenvalue weighted by atomic mass is 9.88. The van der Waals surface area contributed by atoms with E-state index in [4.69, 9.17) is 24.2 Å². The van der Waals surface area contributed by atoms with Crippen LogP contribution in [0.1, 0.15) is 43.2 Å². The van der Waals surface area contributed by atoms with Crippen molar-refractivity contribution in [3.63, 3.8) is 0 Å². The topological polar surface area (TPSA) is 82.0 Å². The Balaban J connectivity index is 1.71. The summed E-state index contributed by atoms with van der Waals surface area (Å²) in [6.07, 6.45) is 3.59. The number of likely N-dealkylation sites (N-methyl/N-ethyl adjacent to an activating group) is 1. The normalized spacial score (nSPS) is 13.1. The van der Waals surface area contributed by atoms with Crippen molar-refractivity contribution >= 4 is 28.5 Å². The number of hydrogen-bond donors (Lipinski definition) is 0. The molecule has 0 aliphatic carbocycles. The van der Waals surface area contributed by atoms with Crippen LogP contribution >= 0.6 is 0 Å². The number of esters is 1. The molecule has 0 spiro atoms. The van der Waals surface area contributed by atoms with Gasteiger partial charge in [-0.2, -0.15) is 0 Å². The van der Waals surface area contributed by atoms with Gasteiger partial charge in [-0.05, 0) is 90.0 Å². The second-order valence-electron chi connectivity index (χ2n) is 12.5. The molecule has 0 saturated heterocycles. The predicted octanol–water partition coefficient (Wildman–Crippen LogP) is 6.01. The average Bonchev–Trinajstić information content (AvgIpc) is 3.27. The standard InChI is InChI=1S/C34H43N5O4/c1-21-10-11-25(28(16-21)43-34(4,5)6)30-26(18-29(40)41-9)23(3)31-32-27(30)17-22(2)38(32)12-13-39(31)33-35-19-24(20-36-33)42-15-14-37(7)8/h10-11,16-17,19-20H,12-15,18H2,1-9H3. The van der Waals surface area contributed by atoms with Gasteiger partial charge in [-0.3, -0.25) is 4.79 Å². The maximum absolute atomic E-state index is 12.9. The first kappa shape index (κ1) is 30.4. The van der Waals surface area contributed by atoms with E-state index in [2.05, 4.69) is 59.4 Å². The van der Waals surface area contributed by atoms with Gasteiger partial charge in [-0.1, -0.05) is 12.1 Å². The van der Waals surface area contributed by atoms with Gasteiger partial charge in [0.05, 0.1) is 37.1 Å². The highest BCUT2D eigenvalue weighted by Crippen LogP contribution is 2.48. The highest BCUT2D eigenvalue weighted by atomic mass is 16.5. The Labute approximate surface area is 254 Å². The van der Waals surface area contributed by atoms with Gasteiger partial charge in [0.2, 0.25) is 5.95 Å². The van der Waals surface area contributed by atoms with Crippen LogP contribution < -0.4 is 14.4 Å². The van der Waals surface area contributed by atoms with E-state index in [0.29, 0.717) is 24.8 Å². The number of methoxy groups -OCH3 is 1. The van der Waals surface area contributed by atoms with Gasteiger partial charge >= 0.3 is 5.97 Å². The summed E-state index contributed by atoms with van der Waals surface area (Å²) in [4.78, 5) is 26.6. The van der Waals surface area contributed by atoms with Crippen molar-refractivity contribution in [2.45, 2.75) is 60.1 Å². The first-order chi connectivity index (χ1) is 20.4. The Bertz CT molecular complexity index is 1650. The van der Waals surface area contributed by atoms with Gasteiger partial charge in [0, 0.05) is 36.3 Å². The highest BCUT2D eigenvalue weighted by molar-refractivity contribution is 6.08. The van der Waals surface area contributed by atoms with E-state index in [1.807, 2.05) is 34.9 Å². The first-order valence-corrected chi connectivity index (χ1v) is 14.8. The van der Waals surface area contributed by atoms with Crippen molar-refractivity contribution in [1.82, 2.24) is 19.4 Å². The lowest BCUT2D eigenvalue weighted by Gasteiger charge is -2.33. The van der Waals surface area contributed by atoms with Crippen LogP contribution in [0.3, 0.4) is 0 Å². The number of rotatable bonds is 9. The predicted molar refractivity (Wildman–Crippen MR) is 171 cm³/mol. The molecule has 0 atom stereocenters. The van der Waals surface area contributed by atoms with Gasteiger partial charge in [-0.15, -0.1) is 0 Å². The lowest BCUT2D eigenvalue weighted by molar-refractivity contribution is -0.139. The molecule has 9 heteroatoms. The summed E-state index contributed by atoms with van der Waals surface area (Å²) >= 11 is 0. The van der Waals surface area contributed by atoms with Crippen LogP contribution in [0.4, 0.5) is 11.6 Å². The quantitative estimate of drug-likeness (QED) is 0.221. The van der Waals surface area contributed by atoms with E-state index in [9.17, 15) is 4.79 Å². The summed E-state index contributed by atoms with van der Waals surface area (Å²) in [6.45, 7) is 15.3. The Morgan fingerprint density at radius 3 is 2.42 bits per heavy atom. The zero-order valence-corrected chi connectivity index (χ0v) is 26.9. The summed E-state index contributed by atoms with van der Waals surface area (Å²) in [6, 6.07) is 8.51. The number of aromatic nitrogens is 3. The minimum Gasteiger partial charge on any atom is -0.489 e. The minimum absolute atomic E-state index is 0.126. The third kappa shape index (κ3) is 6.18. The van der Waals surface area contributed by atoms with Crippen molar-refractivity contribution in [2.24, 2.45) is 0 Å². The van der Waals surface area contributed by atoms with Crippen LogP contribution in [-0.2, 0) is 22.5 Å². The van der Waals surface area contributed by atoms with Crippen molar-refractivity contribution in [1.29, 1.82) is 0 Å². The smallest absolute Gasteiger partial charge is 0.310 e. The Morgan fingerprint density at radius 1 is 1.05 bits per heavy atom. The fourth-order valence-electron chi connectivity index (χ4n) is 5.79. The third-order valence-electron chi connectivity index (χ3n) is 7.76. The number of ether oxygens (including phenoxy) is 3. The number of nitrogens with zero attached hydrogens (tertiary/aromatic N) is 5. The van der Waals surface area contributed by atoms with E-state index in [0.717, 1.165) is 68.9 Å². The molecule has 228 valence electrons. The van der Waals surface area contributed by atoms with Crippen LogP contribution in [0, 0.1) is 20.8 Å². The fraction of sp³-hybridized carbons (Fsp3) is 0.441. The van der Waals surface area contributed by atoms with Crippen molar-refractivity contribution in [3.8, 4) is 22.6 Å². The summed E-state index contributed by atoms with van der Waals surface area (Å²) < 4.78 is 19.9. The second-order valence-corrected chi connectivity index (χ2v) is 12.5. The number of hydrogen-bond acceptors (Lipinski definition) is 8. The number of carbonyl (C=O) groups is 1. The molecule has 1 aliphatic heterocycles. The van der Waals surface area contributed by atoms with Crippen LogP contribution in [0.5, 0.6) is 11.5 Å². The first-order valence-electron chi connectivity index (χ1n) is 14.8. The van der Waals surface area contributed by atoms with E-state index in [1.54, 1.807) is 12.4 Å². The molecule has 9 nitrogen and oxygen atoms in total. The molecule has 0 unspecified atom stereocenters. The maximum Gasteiger partial charge on any atom is 0.310 e. The third-order valence-corrected chi connectivity index (χ3v) is 7.76. The molecular formula is C34H43N5O4. The summed E-state index contributed by atoms with van der Waals surface area (Å²) in [7, 11) is 5.46. The van der Waals surface area contributed by atoms with Gasteiger partial charge < -0.3 is 28.6 Å². The zero-order valence-electron chi connectivity index (χ0n) is 26.9. The maximum atomic E-state index is 12.9. The minimum atomic E-state index is -0.400. The van der Waals surface area contributed by atoms with E-state index in [-0.39, 0.29) is 12.4 Å². The lowest BCUT2D eigenvalue weighted by Crippen LogP contribution is -2.30. The molecule has 1 aliphatic rings. The van der Waals surface area contributed by atoms with E-state index < -0.39 is 5.60 Å². The highest BCUT2D eigenvalue weighted by Gasteiger charge is 2.32. The van der Waals surface area contributed by atoms with Crippen LogP contribution in [0.25, 0.3) is 22.0 Å². The molecule has 0 fully saturated rings. The van der Waals surface area contributed by atoms with Gasteiger partial charge in [0.1, 0.15) is 18.0 Å². The second kappa shape index (κ2) is 11.9. The van der Waals surface area contributed by atoms with Crippen molar-refractivity contribution in [2.75, 3.05) is 45.8 Å². The molecule has 0 N–H and O–H groups in total. The number of carbonyl (C=O) groups excluding carboxylic acids is 1. The molecule has 0 saturated carbocycles. The van der Waals surface area contributed by atoms with Crippen LogP contribution in [-0.4, -0.2) is 71.9 Å². The number of benzene rings is 2. The largest absolute Gasteiger partial charge is 0.489 e. The summed E-state index contributed by atoms with van der Waals surface area (Å²) in [5.74, 6) is 1.73. The Morgan fingerprint density at radius 2 is 1.77 bits per heavy atom. The molecular weight excluding hydrogens is 542 g/mol. The average molecular weight is 586 g/mol. The Kier molecular flexibility index (Phi) is 8.38. The molecule has 2 aromatic heterocycles. The molecule has 2 aromatic carbocycles. The molecule has 43 heavy (non-hydrogen) atoms. The fourth-order valence-corrected chi connectivity index (χ4v) is 5.79. The molecule has 5 rings (SSSR count). The van der Waals surface area contributed by atoms with Crippen molar-refractivity contribution < 1.29 is 19.0 Å². The summed E-state index contributed by atoms with van der Waals surface area (Å²) in [5.41, 5.74) is 7.81. The monoisotopic (exact) mass is 585 g/mol. The van der Waals surface area contributed by atoms with E-state index in [1.165, 1.54) is 7.11 Å². The van der Waals surface area contributed by atoms with Gasteiger partial charge in [0.15, 0.2) is 5.75 Å². The number of anilines is 2. The van der Waals surface area contributed by atoms with E-state index >= 15 is 0 Å². The summed E-state index contributed by atoms with van der Waals surface area (Å²) in [5, 5.41) is 1.06. The van der Waals surface area contributed by atoms with Crippen molar-refractivity contribution in [3.05, 3.63) is 59.0 Å². The van der Waals surface area contributed by atoms with Gasteiger partial charge in [0.25, 0.3) is 0 Å². The molecule has 3 heterocycles. The SMILES string of the molecule is COC(=O)Cc1c(C)c2c3c(cc(C)n3CCN2c2ncc(OCCN(C)C)cn2)c1-c1ccc(C)cc1OC(C)(C)C. The number of aryl methyl sites for hydroxylation is 2. The van der Waals surface area contributed by atoms with Gasteiger partial charge in [-0.25, -0.2) is 9.97 Å². The molecule has 0 radical (unpaired) electrons. The Hall–Kier alpha value is -4.11. The van der Waals surface area contributed by atoms with Crippen LogP contribution in [0.15, 0.2) is 36.7 Å². The molecule has 0 bridgehead atoms.